The van der Waals surface area contributed by atoms with Gasteiger partial charge in [0.15, 0.2) is 0 Å². The van der Waals surface area contributed by atoms with Crippen LogP contribution < -0.4 is 0 Å². The SMILES string of the molecule is CCC(C(=O)N1CCOC(CC)(CC)C1)N(C)CC. The summed E-state index contributed by atoms with van der Waals surface area (Å²) >= 11 is 0. The van der Waals surface area contributed by atoms with Crippen molar-refractivity contribution < 1.29 is 9.53 Å². The molecule has 0 bridgehead atoms. The first-order chi connectivity index (χ1) is 9.03. The maximum atomic E-state index is 12.7. The van der Waals surface area contributed by atoms with E-state index in [2.05, 4.69) is 32.6 Å². The highest BCUT2D eigenvalue weighted by atomic mass is 16.5. The average molecular weight is 270 g/mol. The second kappa shape index (κ2) is 7.25. The summed E-state index contributed by atoms with van der Waals surface area (Å²) in [5.41, 5.74) is -0.128. The molecule has 1 aliphatic rings. The quantitative estimate of drug-likeness (QED) is 0.741. The van der Waals surface area contributed by atoms with E-state index in [1.54, 1.807) is 0 Å². The fourth-order valence-electron chi connectivity index (χ4n) is 2.82. The van der Waals surface area contributed by atoms with Gasteiger partial charge in [0.25, 0.3) is 0 Å². The summed E-state index contributed by atoms with van der Waals surface area (Å²) in [5.74, 6) is 0.265. The van der Waals surface area contributed by atoms with Crippen molar-refractivity contribution >= 4 is 5.91 Å². The molecule has 4 nitrogen and oxygen atoms in total. The lowest BCUT2D eigenvalue weighted by Gasteiger charge is -2.43. The van der Waals surface area contributed by atoms with E-state index in [9.17, 15) is 4.79 Å². The molecule has 0 N–H and O–H groups in total. The first-order valence-corrected chi connectivity index (χ1v) is 7.66. The summed E-state index contributed by atoms with van der Waals surface area (Å²) in [6.45, 7) is 11.5. The zero-order chi connectivity index (χ0) is 14.5. The van der Waals surface area contributed by atoms with Crippen molar-refractivity contribution in [1.29, 1.82) is 0 Å². The second-order valence-electron chi connectivity index (χ2n) is 5.50. The van der Waals surface area contributed by atoms with E-state index in [1.807, 2.05) is 11.9 Å². The van der Waals surface area contributed by atoms with Crippen molar-refractivity contribution in [2.24, 2.45) is 0 Å². The van der Waals surface area contributed by atoms with Crippen LogP contribution >= 0.6 is 0 Å². The van der Waals surface area contributed by atoms with E-state index in [0.29, 0.717) is 6.61 Å². The Hall–Kier alpha value is -0.610. The topological polar surface area (TPSA) is 32.8 Å². The molecule has 19 heavy (non-hydrogen) atoms. The molecule has 1 aliphatic heterocycles. The first-order valence-electron chi connectivity index (χ1n) is 7.66. The summed E-state index contributed by atoms with van der Waals surface area (Å²) in [6, 6.07) is 0.00881. The summed E-state index contributed by atoms with van der Waals surface area (Å²) in [6.07, 6.45) is 2.80. The zero-order valence-electron chi connectivity index (χ0n) is 13.2. The molecule has 4 heteroatoms. The van der Waals surface area contributed by atoms with Gasteiger partial charge in [-0.3, -0.25) is 9.69 Å². The number of carbonyl (C=O) groups is 1. The monoisotopic (exact) mass is 270 g/mol. The number of hydrogen-bond acceptors (Lipinski definition) is 3. The number of rotatable bonds is 6. The summed E-state index contributed by atoms with van der Waals surface area (Å²) in [4.78, 5) is 16.8. The summed E-state index contributed by atoms with van der Waals surface area (Å²) in [7, 11) is 2.03. The minimum atomic E-state index is -0.128. The standard InChI is InChI=1S/C15H30N2O2/c1-6-13(16(5)9-4)14(18)17-10-11-19-15(7-2,8-3)12-17/h13H,6-12H2,1-5H3. The highest BCUT2D eigenvalue weighted by molar-refractivity contribution is 5.82. The largest absolute Gasteiger partial charge is 0.371 e. The van der Waals surface area contributed by atoms with Crippen LogP contribution in [0.2, 0.25) is 0 Å². The minimum absolute atomic E-state index is 0.00881. The van der Waals surface area contributed by atoms with Crippen molar-refractivity contribution in [2.75, 3.05) is 33.3 Å². The highest BCUT2D eigenvalue weighted by Gasteiger charge is 2.37. The molecule has 0 spiro atoms. The van der Waals surface area contributed by atoms with Crippen LogP contribution in [-0.4, -0.2) is 60.6 Å². The van der Waals surface area contributed by atoms with E-state index in [0.717, 1.165) is 38.9 Å². The Bertz CT molecular complexity index is 290. The maximum Gasteiger partial charge on any atom is 0.240 e. The third-order valence-electron chi connectivity index (χ3n) is 4.55. The number of likely N-dealkylation sites (N-methyl/N-ethyl adjacent to an activating group) is 1. The Labute approximate surface area is 118 Å². The van der Waals surface area contributed by atoms with Crippen LogP contribution in [-0.2, 0) is 9.53 Å². The van der Waals surface area contributed by atoms with Crippen LogP contribution in [0.3, 0.4) is 0 Å². The van der Waals surface area contributed by atoms with Gasteiger partial charge in [0, 0.05) is 13.1 Å². The minimum Gasteiger partial charge on any atom is -0.371 e. The van der Waals surface area contributed by atoms with E-state index < -0.39 is 0 Å². The molecule has 0 aromatic rings. The van der Waals surface area contributed by atoms with E-state index in [-0.39, 0.29) is 17.6 Å². The zero-order valence-corrected chi connectivity index (χ0v) is 13.2. The number of amides is 1. The van der Waals surface area contributed by atoms with Gasteiger partial charge in [-0.15, -0.1) is 0 Å². The molecule has 0 aromatic heterocycles. The normalized spacial score (nSPS) is 20.6. The smallest absolute Gasteiger partial charge is 0.240 e. The molecular weight excluding hydrogens is 240 g/mol. The lowest BCUT2D eigenvalue weighted by Crippen LogP contribution is -2.57. The van der Waals surface area contributed by atoms with Crippen LogP contribution in [0, 0.1) is 0 Å². The maximum absolute atomic E-state index is 12.7. The van der Waals surface area contributed by atoms with Crippen molar-refractivity contribution in [3.63, 3.8) is 0 Å². The number of morpholine rings is 1. The predicted octanol–water partition coefficient (Wildman–Crippen LogP) is 2.13. The first kappa shape index (κ1) is 16.4. The third-order valence-corrected chi connectivity index (χ3v) is 4.55. The molecule has 0 saturated carbocycles. The van der Waals surface area contributed by atoms with Gasteiger partial charge in [-0.1, -0.05) is 27.7 Å². The average Bonchev–Trinajstić information content (AvgIpc) is 2.47. The second-order valence-corrected chi connectivity index (χ2v) is 5.50. The fraction of sp³-hybridized carbons (Fsp3) is 0.933. The number of ether oxygens (including phenoxy) is 1. The molecule has 0 aromatic carbocycles. The van der Waals surface area contributed by atoms with Crippen LogP contribution in [0.25, 0.3) is 0 Å². The van der Waals surface area contributed by atoms with E-state index in [4.69, 9.17) is 4.74 Å². The molecule has 0 radical (unpaired) electrons. The van der Waals surface area contributed by atoms with Crippen LogP contribution in [0.15, 0.2) is 0 Å². The summed E-state index contributed by atoms with van der Waals surface area (Å²) in [5, 5.41) is 0. The Morgan fingerprint density at radius 2 is 1.95 bits per heavy atom. The number of nitrogens with zero attached hydrogens (tertiary/aromatic N) is 2. The number of hydrogen-bond donors (Lipinski definition) is 0. The Morgan fingerprint density at radius 1 is 1.32 bits per heavy atom. The van der Waals surface area contributed by atoms with Gasteiger partial charge < -0.3 is 9.64 Å². The molecule has 1 heterocycles. The lowest BCUT2D eigenvalue weighted by atomic mass is 9.94. The fourth-order valence-corrected chi connectivity index (χ4v) is 2.82. The van der Waals surface area contributed by atoms with Gasteiger partial charge >= 0.3 is 0 Å². The van der Waals surface area contributed by atoms with Crippen molar-refractivity contribution in [3.8, 4) is 0 Å². The van der Waals surface area contributed by atoms with Crippen LogP contribution in [0.5, 0.6) is 0 Å². The molecule has 0 aliphatic carbocycles. The van der Waals surface area contributed by atoms with Gasteiger partial charge in [0.1, 0.15) is 0 Å². The van der Waals surface area contributed by atoms with Crippen molar-refractivity contribution in [3.05, 3.63) is 0 Å². The van der Waals surface area contributed by atoms with Gasteiger partial charge in [-0.05, 0) is 32.9 Å². The van der Waals surface area contributed by atoms with Crippen molar-refractivity contribution in [2.45, 2.75) is 58.6 Å². The molecular formula is C15H30N2O2. The van der Waals surface area contributed by atoms with Crippen LogP contribution in [0.4, 0.5) is 0 Å². The number of carbonyl (C=O) groups excluding carboxylic acids is 1. The third kappa shape index (κ3) is 3.69. The van der Waals surface area contributed by atoms with Crippen molar-refractivity contribution in [1.82, 2.24) is 9.80 Å². The molecule has 1 amide bonds. The molecule has 1 rings (SSSR count). The molecule has 112 valence electrons. The molecule has 1 unspecified atom stereocenters. The Balaban J connectivity index is 2.75. The highest BCUT2D eigenvalue weighted by Crippen LogP contribution is 2.26. The lowest BCUT2D eigenvalue weighted by molar-refractivity contribution is -0.156. The molecule has 1 saturated heterocycles. The van der Waals surface area contributed by atoms with Gasteiger partial charge in [-0.2, -0.15) is 0 Å². The van der Waals surface area contributed by atoms with Crippen LogP contribution in [0.1, 0.15) is 47.0 Å². The van der Waals surface area contributed by atoms with Gasteiger partial charge in [0.2, 0.25) is 5.91 Å². The van der Waals surface area contributed by atoms with E-state index in [1.165, 1.54) is 0 Å². The molecule has 1 atom stereocenters. The Morgan fingerprint density at radius 3 is 2.42 bits per heavy atom. The Kier molecular flexibility index (Phi) is 6.27. The summed E-state index contributed by atoms with van der Waals surface area (Å²) < 4.78 is 5.94. The van der Waals surface area contributed by atoms with Gasteiger partial charge in [0.05, 0.1) is 18.2 Å². The predicted molar refractivity (Wildman–Crippen MR) is 78.2 cm³/mol. The van der Waals surface area contributed by atoms with Gasteiger partial charge in [-0.25, -0.2) is 0 Å². The molecule has 1 fully saturated rings. The van der Waals surface area contributed by atoms with E-state index >= 15 is 0 Å².